The molecule has 3 aromatic rings. The van der Waals surface area contributed by atoms with Crippen LogP contribution < -0.4 is 5.32 Å². The van der Waals surface area contributed by atoms with Crippen LogP contribution in [0.5, 0.6) is 0 Å². The van der Waals surface area contributed by atoms with Crippen molar-refractivity contribution in [1.29, 1.82) is 0 Å². The topological polar surface area (TPSA) is 29.3 Å². The summed E-state index contributed by atoms with van der Waals surface area (Å²) in [5, 5.41) is 3.62. The minimum absolute atomic E-state index is 0.0391. The minimum Gasteiger partial charge on any atom is -0.365 e. The Morgan fingerprint density at radius 1 is 1.00 bits per heavy atom. The van der Waals surface area contributed by atoms with Gasteiger partial charge in [0.05, 0.1) is 0 Å². The average molecular weight is 319 g/mol. The van der Waals surface area contributed by atoms with E-state index in [1.54, 1.807) is 0 Å². The van der Waals surface area contributed by atoms with Crippen LogP contribution >= 0.6 is 0 Å². The maximum atomic E-state index is 4.85. The highest BCUT2D eigenvalue weighted by atomic mass is 15.2. The molecule has 3 heteroatoms. The Morgan fingerprint density at radius 3 is 2.38 bits per heavy atom. The maximum Gasteiger partial charge on any atom is 0.139 e. The predicted octanol–water partition coefficient (Wildman–Crippen LogP) is 5.33. The number of imidazole rings is 1. The number of nitrogens with zero attached hydrogens (tertiary/aromatic N) is 2. The van der Waals surface area contributed by atoms with E-state index in [0.29, 0.717) is 0 Å². The molecular formula is C21H25N3. The summed E-state index contributed by atoms with van der Waals surface area (Å²) < 4.78 is 2.20. The van der Waals surface area contributed by atoms with E-state index < -0.39 is 0 Å². The summed E-state index contributed by atoms with van der Waals surface area (Å²) in [6.45, 7) is 10.7. The van der Waals surface area contributed by atoms with Gasteiger partial charge in [0.2, 0.25) is 0 Å². The van der Waals surface area contributed by atoms with Crippen molar-refractivity contribution >= 4 is 23.6 Å². The number of fused-ring (bicyclic) bond motifs is 1. The number of anilines is 1. The van der Waals surface area contributed by atoms with Gasteiger partial charge in [-0.2, -0.15) is 0 Å². The first-order chi connectivity index (χ1) is 11.3. The van der Waals surface area contributed by atoms with Gasteiger partial charge in [-0.3, -0.25) is 4.40 Å². The van der Waals surface area contributed by atoms with Gasteiger partial charge in [-0.25, -0.2) is 4.98 Å². The van der Waals surface area contributed by atoms with Crippen LogP contribution in [0.3, 0.4) is 0 Å². The molecule has 0 fully saturated rings. The zero-order valence-corrected chi connectivity index (χ0v) is 15.1. The third-order valence-corrected chi connectivity index (χ3v) is 3.80. The van der Waals surface area contributed by atoms with Crippen molar-refractivity contribution in [2.24, 2.45) is 0 Å². The van der Waals surface area contributed by atoms with Crippen LogP contribution in [-0.4, -0.2) is 14.9 Å². The number of hydrogen-bond acceptors (Lipinski definition) is 2. The molecule has 1 aromatic carbocycles. The Morgan fingerprint density at radius 2 is 1.71 bits per heavy atom. The summed E-state index contributed by atoms with van der Waals surface area (Å²) in [5.74, 6) is 1.04. The molecule has 0 spiro atoms. The smallest absolute Gasteiger partial charge is 0.139 e. The van der Waals surface area contributed by atoms with Gasteiger partial charge in [0.25, 0.3) is 0 Å². The summed E-state index contributed by atoms with van der Waals surface area (Å²) in [6, 6.07) is 14.6. The molecule has 0 saturated heterocycles. The van der Waals surface area contributed by atoms with Gasteiger partial charge < -0.3 is 5.32 Å². The highest BCUT2D eigenvalue weighted by molar-refractivity contribution is 5.76. The number of rotatable bonds is 3. The lowest BCUT2D eigenvalue weighted by Crippen LogP contribution is -2.27. The molecule has 3 rings (SSSR count). The molecule has 0 aliphatic rings. The van der Waals surface area contributed by atoms with E-state index in [-0.39, 0.29) is 5.54 Å². The Hall–Kier alpha value is -2.55. The van der Waals surface area contributed by atoms with E-state index in [4.69, 9.17) is 4.98 Å². The van der Waals surface area contributed by atoms with Crippen molar-refractivity contribution < 1.29 is 0 Å². The second kappa shape index (κ2) is 6.16. The van der Waals surface area contributed by atoms with Crippen molar-refractivity contribution in [2.45, 2.75) is 40.2 Å². The van der Waals surface area contributed by atoms with Gasteiger partial charge in [-0.15, -0.1) is 0 Å². The number of hydrogen-bond donors (Lipinski definition) is 1. The second-order valence-corrected chi connectivity index (χ2v) is 7.33. The zero-order valence-electron chi connectivity index (χ0n) is 15.1. The summed E-state index contributed by atoms with van der Waals surface area (Å²) in [4.78, 5) is 4.85. The van der Waals surface area contributed by atoms with Crippen LogP contribution in [0, 0.1) is 13.8 Å². The number of aryl methyl sites for hydroxylation is 2. The molecule has 124 valence electrons. The summed E-state index contributed by atoms with van der Waals surface area (Å²) in [7, 11) is 0. The number of pyridine rings is 1. The van der Waals surface area contributed by atoms with E-state index in [1.807, 2.05) is 18.2 Å². The van der Waals surface area contributed by atoms with E-state index in [2.05, 4.69) is 80.8 Å². The number of benzene rings is 1. The first kappa shape index (κ1) is 16.3. The van der Waals surface area contributed by atoms with Crippen LogP contribution in [0.15, 0.2) is 42.5 Å². The molecule has 0 unspecified atom stereocenters. The van der Waals surface area contributed by atoms with Crippen LogP contribution in [0.4, 0.5) is 5.82 Å². The monoisotopic (exact) mass is 319 g/mol. The van der Waals surface area contributed by atoms with Crippen LogP contribution in [-0.2, 0) is 0 Å². The molecule has 0 bridgehead atoms. The predicted molar refractivity (Wildman–Crippen MR) is 103 cm³/mol. The first-order valence-corrected chi connectivity index (χ1v) is 8.34. The van der Waals surface area contributed by atoms with Crippen LogP contribution in [0.25, 0.3) is 17.8 Å². The third-order valence-electron chi connectivity index (χ3n) is 3.80. The van der Waals surface area contributed by atoms with Crippen molar-refractivity contribution in [3.05, 3.63) is 65.0 Å². The number of nitrogens with one attached hydrogen (secondary N) is 1. The fourth-order valence-electron chi connectivity index (χ4n) is 2.88. The molecule has 1 N–H and O–H groups in total. The summed E-state index contributed by atoms with van der Waals surface area (Å²) >= 11 is 0. The minimum atomic E-state index is -0.0391. The van der Waals surface area contributed by atoms with Crippen molar-refractivity contribution in [1.82, 2.24) is 9.38 Å². The highest BCUT2D eigenvalue weighted by Crippen LogP contribution is 2.26. The van der Waals surface area contributed by atoms with Crippen LogP contribution in [0.1, 0.15) is 43.3 Å². The zero-order chi connectivity index (χ0) is 17.3. The van der Waals surface area contributed by atoms with E-state index in [9.17, 15) is 0 Å². The second-order valence-electron chi connectivity index (χ2n) is 7.33. The van der Waals surface area contributed by atoms with Gasteiger partial charge in [-0.1, -0.05) is 36.4 Å². The van der Waals surface area contributed by atoms with Gasteiger partial charge >= 0.3 is 0 Å². The third kappa shape index (κ3) is 3.51. The Labute approximate surface area is 144 Å². The standard InChI is InChI=1S/C21H25N3/c1-15-13-16(2)24-19(14-15)22-18(20(24)23-21(3,4)5)12-11-17-9-7-6-8-10-17/h6-14,23H,1-5H3/b12-11+. The first-order valence-electron chi connectivity index (χ1n) is 8.34. The maximum absolute atomic E-state index is 4.85. The average Bonchev–Trinajstić information content (AvgIpc) is 2.82. The van der Waals surface area contributed by atoms with Crippen molar-refractivity contribution in [3.8, 4) is 0 Å². The lowest BCUT2D eigenvalue weighted by atomic mass is 10.1. The fraction of sp³-hybridized carbons (Fsp3) is 0.286. The Kier molecular flexibility index (Phi) is 4.18. The highest BCUT2D eigenvalue weighted by Gasteiger charge is 2.18. The van der Waals surface area contributed by atoms with E-state index in [1.165, 1.54) is 16.8 Å². The molecule has 0 atom stereocenters. The van der Waals surface area contributed by atoms with Gasteiger partial charge in [0.15, 0.2) is 0 Å². The molecule has 0 aliphatic carbocycles. The Bertz CT molecular complexity index is 881. The normalized spacial score (nSPS) is 12.2. The SMILES string of the molecule is Cc1cc(C)n2c(NC(C)(C)C)c(/C=C/c3ccccc3)nc2c1. The van der Waals surface area contributed by atoms with Crippen LogP contribution in [0.2, 0.25) is 0 Å². The fourth-order valence-corrected chi connectivity index (χ4v) is 2.88. The molecule has 24 heavy (non-hydrogen) atoms. The van der Waals surface area contributed by atoms with E-state index >= 15 is 0 Å². The summed E-state index contributed by atoms with van der Waals surface area (Å²) in [6.07, 6.45) is 4.20. The van der Waals surface area contributed by atoms with Gasteiger partial charge in [0, 0.05) is 11.2 Å². The molecule has 3 nitrogen and oxygen atoms in total. The number of aromatic nitrogens is 2. The largest absolute Gasteiger partial charge is 0.365 e. The van der Waals surface area contributed by atoms with Gasteiger partial charge in [-0.05, 0) is 64.0 Å². The molecule has 0 amide bonds. The Balaban J connectivity index is 2.13. The lowest BCUT2D eigenvalue weighted by molar-refractivity contribution is 0.628. The quantitative estimate of drug-likeness (QED) is 0.707. The molecular weight excluding hydrogens is 294 g/mol. The summed E-state index contributed by atoms with van der Waals surface area (Å²) in [5.41, 5.74) is 5.48. The molecule has 2 heterocycles. The molecule has 2 aromatic heterocycles. The van der Waals surface area contributed by atoms with Gasteiger partial charge in [0.1, 0.15) is 17.2 Å². The van der Waals surface area contributed by atoms with E-state index in [0.717, 1.165) is 17.2 Å². The molecule has 0 aliphatic heterocycles. The van der Waals surface area contributed by atoms with Crippen molar-refractivity contribution in [2.75, 3.05) is 5.32 Å². The molecule has 0 saturated carbocycles. The molecule has 0 radical (unpaired) electrons. The van der Waals surface area contributed by atoms with Crippen molar-refractivity contribution in [3.63, 3.8) is 0 Å². The lowest BCUT2D eigenvalue weighted by Gasteiger charge is -2.22.